The van der Waals surface area contributed by atoms with Crippen molar-refractivity contribution in [3.05, 3.63) is 35.4 Å². The monoisotopic (exact) mass is 357 g/mol. The van der Waals surface area contributed by atoms with Gasteiger partial charge in [0.05, 0.1) is 0 Å². The molecule has 1 atom stereocenters. The summed E-state index contributed by atoms with van der Waals surface area (Å²) in [4.78, 5) is 29.8. The zero-order valence-corrected chi connectivity index (χ0v) is 16.4. The Bertz CT molecular complexity index is 655. The van der Waals surface area contributed by atoms with E-state index in [1.165, 1.54) is 5.56 Å². The van der Waals surface area contributed by atoms with Crippen LogP contribution in [0.2, 0.25) is 0 Å². The van der Waals surface area contributed by atoms with Crippen LogP contribution in [0.5, 0.6) is 0 Å². The topological polar surface area (TPSA) is 52.7 Å². The molecule has 2 bridgehead atoms. The van der Waals surface area contributed by atoms with Crippen molar-refractivity contribution < 1.29 is 9.59 Å². The molecule has 3 heterocycles. The van der Waals surface area contributed by atoms with E-state index in [2.05, 4.69) is 31.0 Å². The van der Waals surface area contributed by atoms with Gasteiger partial charge in [-0.05, 0) is 42.9 Å². The van der Waals surface area contributed by atoms with Gasteiger partial charge in [0.1, 0.15) is 6.04 Å². The van der Waals surface area contributed by atoms with Crippen LogP contribution in [0, 0.1) is 0 Å². The normalized spacial score (nSPS) is 24.1. The first kappa shape index (κ1) is 18.9. The van der Waals surface area contributed by atoms with E-state index in [1.807, 2.05) is 29.2 Å². The molecule has 26 heavy (non-hydrogen) atoms. The number of piperidine rings is 1. The van der Waals surface area contributed by atoms with Gasteiger partial charge in [0.15, 0.2) is 0 Å². The van der Waals surface area contributed by atoms with Crippen molar-refractivity contribution in [3.63, 3.8) is 0 Å². The Morgan fingerprint density at radius 1 is 1.04 bits per heavy atom. The third-order valence-electron chi connectivity index (χ3n) is 5.67. The number of hydrogen-bond acceptors (Lipinski definition) is 3. The highest BCUT2D eigenvalue weighted by Crippen LogP contribution is 2.23. The minimum absolute atomic E-state index is 0.0402. The molecular weight excluding hydrogens is 326 g/mol. The van der Waals surface area contributed by atoms with E-state index in [1.54, 1.807) is 6.92 Å². The van der Waals surface area contributed by atoms with Crippen LogP contribution in [0.15, 0.2) is 24.3 Å². The lowest BCUT2D eigenvalue weighted by molar-refractivity contribution is -0.134. The summed E-state index contributed by atoms with van der Waals surface area (Å²) in [7, 11) is 0. The van der Waals surface area contributed by atoms with E-state index in [-0.39, 0.29) is 17.2 Å². The Hall–Kier alpha value is -1.88. The molecule has 3 fully saturated rings. The maximum Gasteiger partial charge on any atom is 0.251 e. The predicted octanol–water partition coefficient (Wildman–Crippen LogP) is 2.41. The third kappa shape index (κ3) is 4.09. The first-order valence-corrected chi connectivity index (χ1v) is 9.70. The molecule has 0 spiro atoms. The van der Waals surface area contributed by atoms with Gasteiger partial charge in [-0.3, -0.25) is 9.59 Å². The number of fused-ring (bicyclic) bond motifs is 4. The summed E-state index contributed by atoms with van der Waals surface area (Å²) in [6.07, 6.45) is 2.08. The molecule has 0 aliphatic carbocycles. The van der Waals surface area contributed by atoms with Gasteiger partial charge in [0.2, 0.25) is 5.91 Å². The average molecular weight is 357 g/mol. The number of carbonyl (C=O) groups is 2. The maximum atomic E-state index is 12.9. The summed E-state index contributed by atoms with van der Waals surface area (Å²) in [6.45, 7) is 12.1. The van der Waals surface area contributed by atoms with E-state index < -0.39 is 6.04 Å². The number of carbonyl (C=O) groups excluding carboxylic acids is 2. The van der Waals surface area contributed by atoms with Crippen molar-refractivity contribution in [2.75, 3.05) is 26.2 Å². The summed E-state index contributed by atoms with van der Waals surface area (Å²) < 4.78 is 0. The average Bonchev–Trinajstić information content (AvgIpc) is 2.94. The van der Waals surface area contributed by atoms with Crippen molar-refractivity contribution in [2.24, 2.45) is 0 Å². The van der Waals surface area contributed by atoms with Crippen LogP contribution in [0.1, 0.15) is 56.5 Å². The molecule has 0 aromatic heterocycles. The Kier molecular flexibility index (Phi) is 5.37. The van der Waals surface area contributed by atoms with Crippen molar-refractivity contribution in [1.82, 2.24) is 15.1 Å². The van der Waals surface area contributed by atoms with Gasteiger partial charge < -0.3 is 15.1 Å². The van der Waals surface area contributed by atoms with E-state index in [0.29, 0.717) is 11.6 Å². The molecule has 5 heteroatoms. The molecule has 0 unspecified atom stereocenters. The Morgan fingerprint density at radius 2 is 1.65 bits per heavy atom. The molecule has 3 aliphatic heterocycles. The molecule has 2 amide bonds. The number of nitrogens with zero attached hydrogens (tertiary/aromatic N) is 2. The third-order valence-corrected chi connectivity index (χ3v) is 5.67. The lowest BCUT2D eigenvalue weighted by Gasteiger charge is -2.33. The van der Waals surface area contributed by atoms with Gasteiger partial charge in [-0.15, -0.1) is 0 Å². The SMILES string of the molecule is C[C@@H](NC(=O)c1ccc(C(C)(C)C)cc1)C(=O)N1CCN2CCC1CC2. The summed E-state index contributed by atoms with van der Waals surface area (Å²) in [5.74, 6) is -0.146. The second-order valence-corrected chi connectivity index (χ2v) is 8.63. The molecule has 1 aromatic rings. The zero-order valence-electron chi connectivity index (χ0n) is 16.4. The molecule has 142 valence electrons. The number of nitrogens with one attached hydrogen (secondary N) is 1. The van der Waals surface area contributed by atoms with Gasteiger partial charge in [-0.1, -0.05) is 32.9 Å². The van der Waals surface area contributed by atoms with E-state index in [4.69, 9.17) is 0 Å². The first-order chi connectivity index (χ1) is 12.3. The Morgan fingerprint density at radius 3 is 2.23 bits per heavy atom. The second kappa shape index (κ2) is 7.39. The number of benzene rings is 1. The molecule has 0 saturated carbocycles. The molecule has 4 rings (SSSR count). The largest absolute Gasteiger partial charge is 0.341 e. The Labute approximate surface area is 156 Å². The van der Waals surface area contributed by atoms with Crippen molar-refractivity contribution in [3.8, 4) is 0 Å². The highest BCUT2D eigenvalue weighted by molar-refractivity contribution is 5.97. The quantitative estimate of drug-likeness (QED) is 0.904. The number of hydrogen-bond donors (Lipinski definition) is 1. The highest BCUT2D eigenvalue weighted by atomic mass is 16.2. The van der Waals surface area contributed by atoms with Crippen LogP contribution < -0.4 is 5.32 Å². The van der Waals surface area contributed by atoms with Crippen LogP contribution >= 0.6 is 0 Å². The van der Waals surface area contributed by atoms with Gasteiger partial charge in [0, 0.05) is 37.8 Å². The molecule has 0 radical (unpaired) electrons. The molecule has 5 nitrogen and oxygen atoms in total. The van der Waals surface area contributed by atoms with Crippen LogP contribution in [-0.2, 0) is 10.2 Å². The minimum atomic E-state index is -0.503. The van der Waals surface area contributed by atoms with E-state index in [9.17, 15) is 9.59 Å². The second-order valence-electron chi connectivity index (χ2n) is 8.63. The van der Waals surface area contributed by atoms with Crippen LogP contribution in [0.3, 0.4) is 0 Å². The fourth-order valence-corrected chi connectivity index (χ4v) is 3.89. The first-order valence-electron chi connectivity index (χ1n) is 9.70. The lowest BCUT2D eigenvalue weighted by Crippen LogP contribution is -2.51. The molecular formula is C21H31N3O2. The molecule has 1 aromatic carbocycles. The van der Waals surface area contributed by atoms with Gasteiger partial charge >= 0.3 is 0 Å². The zero-order chi connectivity index (χ0) is 18.9. The van der Waals surface area contributed by atoms with Crippen LogP contribution in [0.4, 0.5) is 0 Å². The smallest absolute Gasteiger partial charge is 0.251 e. The number of amides is 2. The maximum absolute atomic E-state index is 12.9. The van der Waals surface area contributed by atoms with Gasteiger partial charge in [-0.2, -0.15) is 0 Å². The minimum Gasteiger partial charge on any atom is -0.341 e. The summed E-state index contributed by atoms with van der Waals surface area (Å²) in [6, 6.07) is 7.48. The lowest BCUT2D eigenvalue weighted by atomic mass is 9.86. The van der Waals surface area contributed by atoms with Gasteiger partial charge in [0.25, 0.3) is 5.91 Å². The summed E-state index contributed by atoms with van der Waals surface area (Å²) in [5, 5.41) is 2.89. The van der Waals surface area contributed by atoms with Crippen molar-refractivity contribution in [1.29, 1.82) is 0 Å². The van der Waals surface area contributed by atoms with Gasteiger partial charge in [-0.25, -0.2) is 0 Å². The standard InChI is InChI=1S/C21H31N3O2/c1-15(20(26)24-14-13-23-11-9-18(24)10-12-23)22-19(25)16-5-7-17(8-6-16)21(2,3)4/h5-8,15,18H,9-14H2,1-4H3,(H,22,25)/t15-/m1/s1. The van der Waals surface area contributed by atoms with E-state index >= 15 is 0 Å². The Balaban J connectivity index is 1.62. The van der Waals surface area contributed by atoms with Crippen LogP contribution in [-0.4, -0.2) is 59.9 Å². The summed E-state index contributed by atoms with van der Waals surface area (Å²) in [5.41, 5.74) is 1.84. The fourth-order valence-electron chi connectivity index (χ4n) is 3.89. The fraction of sp³-hybridized carbons (Fsp3) is 0.619. The van der Waals surface area contributed by atoms with Crippen molar-refractivity contribution in [2.45, 2.75) is 58.0 Å². The number of rotatable bonds is 3. The predicted molar refractivity (Wildman–Crippen MR) is 103 cm³/mol. The molecule has 3 saturated heterocycles. The summed E-state index contributed by atoms with van der Waals surface area (Å²) >= 11 is 0. The highest BCUT2D eigenvalue weighted by Gasteiger charge is 2.34. The van der Waals surface area contributed by atoms with Crippen LogP contribution in [0.25, 0.3) is 0 Å². The van der Waals surface area contributed by atoms with Crippen molar-refractivity contribution >= 4 is 11.8 Å². The molecule has 1 N–H and O–H groups in total. The van der Waals surface area contributed by atoms with E-state index in [0.717, 1.165) is 39.0 Å². The molecule has 3 aliphatic rings.